The molecule has 2 saturated heterocycles. The number of alkyl carbamates (subject to hydrolysis) is 2. The number of benzene rings is 2. The first-order chi connectivity index (χ1) is 30.4. The van der Waals surface area contributed by atoms with Crippen LogP contribution in [0.5, 0.6) is 0 Å². The van der Waals surface area contributed by atoms with Crippen molar-refractivity contribution in [2.24, 2.45) is 11.8 Å². The van der Waals surface area contributed by atoms with E-state index in [2.05, 4.69) is 57.0 Å². The smallest absolute Gasteiger partial charge is 0.407 e. The van der Waals surface area contributed by atoms with Crippen LogP contribution in [0.25, 0.3) is 44.8 Å². The fourth-order valence-corrected chi connectivity index (χ4v) is 10.4. The Kier molecular flexibility index (Phi) is 11.4. The van der Waals surface area contributed by atoms with E-state index < -0.39 is 24.3 Å². The minimum Gasteiger partial charge on any atom is -0.453 e. The summed E-state index contributed by atoms with van der Waals surface area (Å²) in [7, 11) is 2.59. The summed E-state index contributed by atoms with van der Waals surface area (Å²) >= 11 is 0. The highest BCUT2D eigenvalue weighted by Gasteiger charge is 2.43. The van der Waals surface area contributed by atoms with E-state index in [1.807, 2.05) is 49.8 Å². The molecule has 5 heterocycles. The van der Waals surface area contributed by atoms with Gasteiger partial charge in [-0.2, -0.15) is 0 Å². The van der Waals surface area contributed by atoms with Crippen molar-refractivity contribution in [2.75, 3.05) is 27.3 Å². The number of aromatic amines is 2. The largest absolute Gasteiger partial charge is 0.453 e. The average molecular weight is 857 g/mol. The van der Waals surface area contributed by atoms with Crippen LogP contribution >= 0.6 is 0 Å². The molecule has 0 spiro atoms. The molecule has 3 aromatic heterocycles. The Bertz CT molecular complexity index is 2550. The number of rotatable bonds is 11. The van der Waals surface area contributed by atoms with E-state index in [1.165, 1.54) is 25.3 Å². The molecule has 63 heavy (non-hydrogen) atoms. The summed E-state index contributed by atoms with van der Waals surface area (Å²) in [5.74, 6) is 1.79. The second-order valence-corrected chi connectivity index (χ2v) is 18.1. The molecular formula is C47H56N10O6. The summed E-state index contributed by atoms with van der Waals surface area (Å²) in [5.41, 5.74) is 9.93. The number of hydrogen-bond donors (Lipinski definition) is 4. The van der Waals surface area contributed by atoms with Crippen molar-refractivity contribution in [1.29, 1.82) is 0 Å². The lowest BCUT2D eigenvalue weighted by Gasteiger charge is -2.30. The van der Waals surface area contributed by atoms with Gasteiger partial charge < -0.3 is 39.9 Å². The lowest BCUT2D eigenvalue weighted by atomic mass is 9.86. The van der Waals surface area contributed by atoms with Crippen LogP contribution in [0.4, 0.5) is 9.59 Å². The maximum atomic E-state index is 13.8. The van der Waals surface area contributed by atoms with E-state index in [0.717, 1.165) is 101 Å². The fraction of sp³-hybridized carbons (Fsp3) is 0.489. The highest BCUT2D eigenvalue weighted by molar-refractivity contribution is 5.88. The van der Waals surface area contributed by atoms with Crippen molar-refractivity contribution in [3.63, 3.8) is 0 Å². The highest BCUT2D eigenvalue weighted by Crippen LogP contribution is 2.57. The molecule has 330 valence electrons. The molecule has 9 rings (SSSR count). The molecule has 2 bridgehead atoms. The van der Waals surface area contributed by atoms with Gasteiger partial charge in [-0.3, -0.25) is 9.59 Å². The Morgan fingerprint density at radius 1 is 0.683 bits per heavy atom. The van der Waals surface area contributed by atoms with Crippen molar-refractivity contribution in [3.05, 3.63) is 71.4 Å². The molecule has 16 heteroatoms. The summed E-state index contributed by atoms with van der Waals surface area (Å²) in [6.07, 6.45) is 7.16. The first-order valence-corrected chi connectivity index (χ1v) is 22.3. The predicted molar refractivity (Wildman–Crippen MR) is 235 cm³/mol. The van der Waals surface area contributed by atoms with Crippen LogP contribution in [0, 0.1) is 11.8 Å². The van der Waals surface area contributed by atoms with Gasteiger partial charge in [0.1, 0.15) is 23.7 Å². The van der Waals surface area contributed by atoms with Crippen LogP contribution in [-0.2, 0) is 19.1 Å². The lowest BCUT2D eigenvalue weighted by Crippen LogP contribution is -2.51. The summed E-state index contributed by atoms with van der Waals surface area (Å²) in [5, 5.41) is 15.3. The molecule has 2 aliphatic heterocycles. The maximum absolute atomic E-state index is 13.8. The maximum Gasteiger partial charge on any atom is 0.407 e. The van der Waals surface area contributed by atoms with Gasteiger partial charge in [-0.1, -0.05) is 58.0 Å². The molecule has 4 aliphatic rings. The van der Waals surface area contributed by atoms with Gasteiger partial charge in [0.15, 0.2) is 0 Å². The van der Waals surface area contributed by atoms with E-state index in [4.69, 9.17) is 29.6 Å². The molecule has 3 unspecified atom stereocenters. The second kappa shape index (κ2) is 17.1. The minimum absolute atomic E-state index is 0.112. The van der Waals surface area contributed by atoms with Crippen LogP contribution in [0.15, 0.2) is 48.7 Å². The molecule has 3 fully saturated rings. The number of hydrogen-bond acceptors (Lipinski definition) is 10. The van der Waals surface area contributed by atoms with E-state index in [0.29, 0.717) is 24.9 Å². The molecule has 1 saturated carbocycles. The Morgan fingerprint density at radius 3 is 1.76 bits per heavy atom. The Hall–Kier alpha value is -6.32. The van der Waals surface area contributed by atoms with Crippen molar-refractivity contribution < 1.29 is 28.7 Å². The number of likely N-dealkylation sites (tertiary alicyclic amines) is 2. The van der Waals surface area contributed by atoms with Gasteiger partial charge >= 0.3 is 12.2 Å². The molecule has 6 atom stereocenters. The zero-order chi connectivity index (χ0) is 44.1. The number of nitrogens with zero attached hydrogens (tertiary/aromatic N) is 6. The number of carbonyl (C=O) groups is 4. The van der Waals surface area contributed by atoms with Gasteiger partial charge in [-0.25, -0.2) is 19.6 Å². The first-order valence-electron chi connectivity index (χ1n) is 22.3. The average Bonchev–Trinajstić information content (AvgIpc) is 4.16. The van der Waals surface area contributed by atoms with E-state index in [1.54, 1.807) is 0 Å². The van der Waals surface area contributed by atoms with Crippen LogP contribution in [0.3, 0.4) is 0 Å². The van der Waals surface area contributed by atoms with Gasteiger partial charge in [0.2, 0.25) is 11.8 Å². The predicted octanol–water partition coefficient (Wildman–Crippen LogP) is 7.53. The van der Waals surface area contributed by atoms with Crippen LogP contribution in [0.1, 0.15) is 119 Å². The van der Waals surface area contributed by atoms with Crippen LogP contribution < -0.4 is 10.6 Å². The quantitative estimate of drug-likeness (QED) is 0.103. The number of fused-ring (bicyclic) bond motifs is 6. The summed E-state index contributed by atoms with van der Waals surface area (Å²) < 4.78 is 9.59. The lowest BCUT2D eigenvalue weighted by molar-refractivity contribution is -0.136. The molecule has 2 aliphatic carbocycles. The zero-order valence-electron chi connectivity index (χ0n) is 36.7. The number of amides is 4. The van der Waals surface area contributed by atoms with Crippen molar-refractivity contribution >= 4 is 35.0 Å². The Morgan fingerprint density at radius 2 is 1.21 bits per heavy atom. The number of ether oxygens (including phenoxy) is 2. The van der Waals surface area contributed by atoms with Gasteiger partial charge in [-0.15, -0.1) is 10.2 Å². The number of carbonyl (C=O) groups excluding carboxylic acids is 4. The van der Waals surface area contributed by atoms with E-state index in [-0.39, 0.29) is 35.7 Å². The van der Waals surface area contributed by atoms with Crippen molar-refractivity contribution in [3.8, 4) is 33.8 Å². The SMILES string of the molecule is COC(=O)NC(C(=O)N1CCC[C@H]1c1nc2ccc(-c3nnc(-c4ccc(-c5cnc([C@@H]6CCCN6C(=O)[C@@H](NC(=O)OC)C(C)C)[nH]5)cc4)c4c3C3CCC4C3)cc2[nH]1)C(C)C. The fourth-order valence-electron chi connectivity index (χ4n) is 10.4. The first kappa shape index (κ1) is 42.0. The second-order valence-electron chi connectivity index (χ2n) is 18.1. The number of aromatic nitrogens is 6. The number of methoxy groups -OCH3 is 2. The van der Waals surface area contributed by atoms with Gasteiger partial charge in [0.25, 0.3) is 0 Å². The summed E-state index contributed by atoms with van der Waals surface area (Å²) in [6.45, 7) is 8.81. The number of imidazole rings is 2. The topological polar surface area (TPSA) is 200 Å². The van der Waals surface area contributed by atoms with Crippen molar-refractivity contribution in [2.45, 2.75) is 109 Å². The summed E-state index contributed by atoms with van der Waals surface area (Å²) in [4.78, 5) is 71.9. The van der Waals surface area contributed by atoms with E-state index >= 15 is 0 Å². The van der Waals surface area contributed by atoms with Crippen LogP contribution in [0.2, 0.25) is 0 Å². The molecule has 4 amide bonds. The van der Waals surface area contributed by atoms with E-state index in [9.17, 15) is 19.2 Å². The highest BCUT2D eigenvalue weighted by atomic mass is 16.5. The molecule has 2 aromatic carbocycles. The third-order valence-electron chi connectivity index (χ3n) is 13.6. The standard InChI is InChI=1S/C47H56N10O6/c1-24(2)38(52-46(60)62-5)44(58)56-19-7-9-34(56)42-48-23-33(51-42)26-11-13-27(14-12-26)40-36-28-15-16-29(21-28)37(36)41(55-54-40)30-17-18-31-32(22-30)50-43(49-31)35-10-8-20-57(35)45(59)39(25(3)4)53-47(61)63-6/h11-14,17-18,22-25,28-29,34-35,38-39H,7-10,15-16,19-21H2,1-6H3,(H,48,51)(H,49,50)(H,52,60)(H,53,61)/t28?,29?,34-,35-,38-,39?/m0/s1. The normalized spacial score (nSPS) is 21.3. The third-order valence-corrected chi connectivity index (χ3v) is 13.6. The molecule has 0 radical (unpaired) electrons. The third kappa shape index (κ3) is 7.77. The van der Waals surface area contributed by atoms with Gasteiger partial charge in [0.05, 0.1) is 60.6 Å². The molecule has 16 nitrogen and oxygen atoms in total. The minimum atomic E-state index is -0.702. The monoisotopic (exact) mass is 856 g/mol. The number of H-pyrrole nitrogens is 2. The molecule has 5 aromatic rings. The summed E-state index contributed by atoms with van der Waals surface area (Å²) in [6, 6.07) is 12.7. The van der Waals surface area contributed by atoms with Crippen LogP contribution in [-0.4, -0.2) is 103 Å². The van der Waals surface area contributed by atoms with Crippen molar-refractivity contribution in [1.82, 2.24) is 50.6 Å². The number of nitrogens with one attached hydrogen (secondary N) is 4. The Balaban J connectivity index is 0.949. The van der Waals surface area contributed by atoms with Gasteiger partial charge in [-0.05, 0) is 97.4 Å². The zero-order valence-corrected chi connectivity index (χ0v) is 36.7. The van der Waals surface area contributed by atoms with Gasteiger partial charge in [0, 0.05) is 24.2 Å². The molecule has 4 N–H and O–H groups in total. The molecular weight excluding hydrogens is 801 g/mol. The Labute approximate surface area is 366 Å².